The van der Waals surface area contributed by atoms with Gasteiger partial charge < -0.3 is 21.3 Å². The van der Waals surface area contributed by atoms with Crippen LogP contribution in [0, 0.1) is 0 Å². The van der Waals surface area contributed by atoms with E-state index < -0.39 is 0 Å². The van der Waals surface area contributed by atoms with Crippen molar-refractivity contribution in [3.8, 4) is 0 Å². The molecule has 5 N–H and O–H groups in total. The van der Waals surface area contributed by atoms with Crippen LogP contribution in [0.2, 0.25) is 5.02 Å². The highest BCUT2D eigenvalue weighted by Gasteiger charge is 2.30. The molecule has 1 aromatic heterocycles. The zero-order valence-electron chi connectivity index (χ0n) is 25.0. The number of imide groups is 1. The molecule has 0 radical (unpaired) electrons. The minimum absolute atomic E-state index is 0.136. The standard InChI is InChI=1S/C32H39ClN8O2S/c1-32(35)11-13-41(14-12-32)26-19-36-31(29(34)37-26)44-25-8-4-7-24(28(25)33)40-17-15-39(16-18-40)20-21-5-2-3-6-22(21)23-9-10-27(42)38-30(23)43/h2-8,19,23H,9-18,20,35H2,1H3,(H2,34,37)(H,38,42,43). The number of nitrogens with zero attached hydrogens (tertiary/aromatic N) is 5. The molecule has 0 spiro atoms. The van der Waals surface area contributed by atoms with Crippen LogP contribution in [0.4, 0.5) is 17.3 Å². The monoisotopic (exact) mass is 634 g/mol. The van der Waals surface area contributed by atoms with E-state index in [9.17, 15) is 9.59 Å². The van der Waals surface area contributed by atoms with E-state index in [-0.39, 0.29) is 23.3 Å². The molecule has 44 heavy (non-hydrogen) atoms. The number of piperidine rings is 2. The van der Waals surface area contributed by atoms with Gasteiger partial charge in [-0.3, -0.25) is 19.8 Å². The normalized spacial score (nSPS) is 20.9. The van der Waals surface area contributed by atoms with Crippen LogP contribution in [-0.4, -0.2) is 71.5 Å². The Kier molecular flexibility index (Phi) is 9.00. The fourth-order valence-corrected chi connectivity index (χ4v) is 7.35. The highest BCUT2D eigenvalue weighted by molar-refractivity contribution is 7.99. The van der Waals surface area contributed by atoms with Gasteiger partial charge in [0.05, 0.1) is 22.8 Å². The van der Waals surface area contributed by atoms with E-state index in [4.69, 9.17) is 23.1 Å². The van der Waals surface area contributed by atoms with Crippen molar-refractivity contribution in [1.29, 1.82) is 0 Å². The zero-order chi connectivity index (χ0) is 30.8. The zero-order valence-corrected chi connectivity index (χ0v) is 26.5. The molecule has 12 heteroatoms. The number of anilines is 3. The Labute approximate surface area is 267 Å². The molecule has 2 amide bonds. The molecule has 0 saturated carbocycles. The van der Waals surface area contributed by atoms with Crippen LogP contribution in [0.5, 0.6) is 0 Å². The van der Waals surface area contributed by atoms with Crippen molar-refractivity contribution in [2.24, 2.45) is 5.73 Å². The lowest BCUT2D eigenvalue weighted by atomic mass is 9.87. The second kappa shape index (κ2) is 12.9. The molecule has 2 aromatic carbocycles. The summed E-state index contributed by atoms with van der Waals surface area (Å²) >= 11 is 8.41. The summed E-state index contributed by atoms with van der Waals surface area (Å²) in [4.78, 5) is 41.3. The van der Waals surface area contributed by atoms with Gasteiger partial charge in [0.15, 0.2) is 5.82 Å². The van der Waals surface area contributed by atoms with E-state index in [1.54, 1.807) is 6.20 Å². The first-order valence-corrected chi connectivity index (χ1v) is 16.4. The summed E-state index contributed by atoms with van der Waals surface area (Å²) in [7, 11) is 0. The number of benzene rings is 2. The lowest BCUT2D eigenvalue weighted by Gasteiger charge is -2.37. The van der Waals surface area contributed by atoms with E-state index in [1.165, 1.54) is 11.8 Å². The van der Waals surface area contributed by atoms with Gasteiger partial charge in [-0.15, -0.1) is 0 Å². The molecule has 6 rings (SSSR count). The molecule has 4 heterocycles. The predicted molar refractivity (Wildman–Crippen MR) is 175 cm³/mol. The summed E-state index contributed by atoms with van der Waals surface area (Å²) in [6.45, 7) is 7.87. The molecule has 3 saturated heterocycles. The molecular weight excluding hydrogens is 596 g/mol. The number of carbonyl (C=O) groups is 2. The van der Waals surface area contributed by atoms with Gasteiger partial charge in [0.1, 0.15) is 10.8 Å². The minimum Gasteiger partial charge on any atom is -0.381 e. The molecule has 3 fully saturated rings. The third-order valence-corrected chi connectivity index (χ3v) is 10.5. The Morgan fingerprint density at radius 2 is 1.77 bits per heavy atom. The number of halogens is 1. The number of nitrogen functional groups attached to an aromatic ring is 1. The summed E-state index contributed by atoms with van der Waals surface area (Å²) in [5.41, 5.74) is 15.7. The van der Waals surface area contributed by atoms with E-state index in [0.717, 1.165) is 86.2 Å². The Morgan fingerprint density at radius 3 is 2.50 bits per heavy atom. The van der Waals surface area contributed by atoms with Crippen LogP contribution >= 0.6 is 23.4 Å². The van der Waals surface area contributed by atoms with E-state index in [0.29, 0.717) is 28.7 Å². The number of amides is 2. The maximum Gasteiger partial charge on any atom is 0.234 e. The van der Waals surface area contributed by atoms with Crippen molar-refractivity contribution < 1.29 is 9.59 Å². The van der Waals surface area contributed by atoms with Gasteiger partial charge in [0, 0.05) is 62.7 Å². The predicted octanol–water partition coefficient (Wildman–Crippen LogP) is 4.02. The van der Waals surface area contributed by atoms with Crippen molar-refractivity contribution in [2.75, 3.05) is 54.8 Å². The number of rotatable bonds is 7. The molecule has 0 bridgehead atoms. The van der Waals surface area contributed by atoms with E-state index >= 15 is 0 Å². The van der Waals surface area contributed by atoms with Crippen LogP contribution in [-0.2, 0) is 16.1 Å². The van der Waals surface area contributed by atoms with Gasteiger partial charge in [-0.25, -0.2) is 9.97 Å². The summed E-state index contributed by atoms with van der Waals surface area (Å²) < 4.78 is 0. The molecule has 10 nitrogen and oxygen atoms in total. The minimum atomic E-state index is -0.286. The molecule has 3 aliphatic rings. The molecular formula is C32H39ClN8O2S. The average Bonchev–Trinajstić information content (AvgIpc) is 3.00. The highest BCUT2D eigenvalue weighted by Crippen LogP contribution is 2.40. The van der Waals surface area contributed by atoms with Gasteiger partial charge in [0.25, 0.3) is 0 Å². The lowest BCUT2D eigenvalue weighted by Crippen LogP contribution is -2.48. The van der Waals surface area contributed by atoms with Crippen molar-refractivity contribution in [1.82, 2.24) is 20.2 Å². The Bertz CT molecular complexity index is 1530. The Hall–Kier alpha value is -3.38. The topological polar surface area (TPSA) is 134 Å². The fraction of sp³-hybridized carbons (Fsp3) is 0.438. The second-order valence-electron chi connectivity index (χ2n) is 12.2. The SMILES string of the molecule is CC1(N)CCN(c2cnc(Sc3cccc(N4CCN(Cc5ccccc5C5CCC(=O)NC5=O)CC4)c3Cl)c(N)n2)CC1. The molecule has 3 aliphatic heterocycles. The quantitative estimate of drug-likeness (QED) is 0.327. The number of aromatic nitrogens is 2. The van der Waals surface area contributed by atoms with Crippen LogP contribution in [0.15, 0.2) is 58.6 Å². The largest absolute Gasteiger partial charge is 0.381 e. The van der Waals surface area contributed by atoms with Crippen molar-refractivity contribution >= 4 is 52.5 Å². The van der Waals surface area contributed by atoms with Gasteiger partial charge in [-0.2, -0.15) is 0 Å². The number of hydrogen-bond donors (Lipinski definition) is 3. The summed E-state index contributed by atoms with van der Waals surface area (Å²) in [6.07, 6.45) is 4.51. The van der Waals surface area contributed by atoms with Crippen LogP contribution in [0.1, 0.15) is 49.7 Å². The molecule has 3 aromatic rings. The average molecular weight is 635 g/mol. The number of hydrogen-bond acceptors (Lipinski definition) is 10. The van der Waals surface area contributed by atoms with Crippen molar-refractivity contribution in [3.63, 3.8) is 0 Å². The van der Waals surface area contributed by atoms with Crippen molar-refractivity contribution in [2.45, 2.75) is 60.5 Å². The van der Waals surface area contributed by atoms with Crippen LogP contribution in [0.25, 0.3) is 0 Å². The summed E-state index contributed by atoms with van der Waals surface area (Å²) in [6, 6.07) is 14.1. The fourth-order valence-electron chi connectivity index (χ4n) is 6.18. The third kappa shape index (κ3) is 6.81. The second-order valence-corrected chi connectivity index (χ2v) is 13.6. The molecule has 1 atom stereocenters. The highest BCUT2D eigenvalue weighted by atomic mass is 35.5. The Morgan fingerprint density at radius 1 is 1.02 bits per heavy atom. The first-order chi connectivity index (χ1) is 21.2. The van der Waals surface area contributed by atoms with Gasteiger partial charge in [-0.05, 0) is 49.4 Å². The first-order valence-electron chi connectivity index (χ1n) is 15.2. The smallest absolute Gasteiger partial charge is 0.234 e. The lowest BCUT2D eigenvalue weighted by molar-refractivity contribution is -0.134. The number of piperazine rings is 1. The van der Waals surface area contributed by atoms with Gasteiger partial charge in [0.2, 0.25) is 11.8 Å². The summed E-state index contributed by atoms with van der Waals surface area (Å²) in [5, 5.41) is 3.81. The van der Waals surface area contributed by atoms with Gasteiger partial charge in [-0.1, -0.05) is 53.7 Å². The molecule has 1 unspecified atom stereocenters. The molecule has 232 valence electrons. The van der Waals surface area contributed by atoms with Crippen LogP contribution in [0.3, 0.4) is 0 Å². The maximum absolute atomic E-state index is 12.6. The van der Waals surface area contributed by atoms with Crippen LogP contribution < -0.4 is 26.6 Å². The van der Waals surface area contributed by atoms with Crippen molar-refractivity contribution in [3.05, 3.63) is 64.8 Å². The van der Waals surface area contributed by atoms with E-state index in [2.05, 4.69) is 49.0 Å². The maximum atomic E-state index is 12.6. The van der Waals surface area contributed by atoms with Gasteiger partial charge >= 0.3 is 0 Å². The number of carbonyl (C=O) groups excluding carboxylic acids is 2. The summed E-state index contributed by atoms with van der Waals surface area (Å²) in [5.74, 6) is 0.493. The Balaban J connectivity index is 1.08. The first kappa shape index (κ1) is 30.6. The van der Waals surface area contributed by atoms with E-state index in [1.807, 2.05) is 30.3 Å². The molecule has 0 aliphatic carbocycles. The third-order valence-electron chi connectivity index (χ3n) is 8.91. The number of nitrogens with two attached hydrogens (primary N) is 2. The number of nitrogens with one attached hydrogen (secondary N) is 1.